The molecule has 0 rings (SSSR count). The van der Waals surface area contributed by atoms with Crippen LogP contribution in [0.3, 0.4) is 0 Å². The number of rotatable bonds is 0. The molecule has 0 aromatic rings. The Morgan fingerprint density at radius 2 is 1.33 bits per heavy atom. The van der Waals surface area contributed by atoms with Gasteiger partial charge in [-0.15, -0.1) is 0 Å². The summed E-state index contributed by atoms with van der Waals surface area (Å²) in [5.74, 6) is 0. The minimum atomic E-state index is -3.13. The van der Waals surface area contributed by atoms with Crippen LogP contribution in [0.1, 0.15) is 0 Å². The third-order valence-corrected chi connectivity index (χ3v) is 0. The first-order chi connectivity index (χ1) is 1.73. The van der Waals surface area contributed by atoms with Crippen LogP contribution >= 0.6 is 0 Å². The summed E-state index contributed by atoms with van der Waals surface area (Å²) in [7, 11) is -3.13. The van der Waals surface area contributed by atoms with E-state index in [1.807, 2.05) is 0 Å². The first kappa shape index (κ1) is 15.7. The first-order valence-electron chi connectivity index (χ1n) is 0.651. The monoisotopic (exact) mass is 136 g/mol. The summed E-state index contributed by atoms with van der Waals surface area (Å²) in [6.45, 7) is 0. The van der Waals surface area contributed by atoms with Crippen molar-refractivity contribution < 1.29 is 19.5 Å². The second kappa shape index (κ2) is 9.51. The Labute approximate surface area is 78.8 Å². The fourth-order valence-corrected chi connectivity index (χ4v) is 0. The van der Waals surface area contributed by atoms with Crippen LogP contribution in [0.4, 0.5) is 0 Å². The van der Waals surface area contributed by atoms with Gasteiger partial charge in [0.25, 0.3) is 0 Å². The van der Waals surface area contributed by atoms with Gasteiger partial charge in [-0.05, 0) is 0 Å². The Bertz CT molecular complexity index is 30.5. The van der Waals surface area contributed by atoms with Gasteiger partial charge in [0.05, 0.1) is 0 Å². The van der Waals surface area contributed by atoms with Gasteiger partial charge in [-0.2, -0.15) is 0 Å². The third-order valence-electron chi connectivity index (χ3n) is 0. The Hall–Kier alpha value is 1.21. The van der Waals surface area contributed by atoms with Crippen LogP contribution in [0, 0.1) is 0 Å². The summed E-state index contributed by atoms with van der Waals surface area (Å²) in [5.41, 5.74) is 0. The summed E-state index contributed by atoms with van der Waals surface area (Å²) in [6, 6.07) is 0. The van der Waals surface area contributed by atoms with Gasteiger partial charge >= 0.3 is 60.6 Å². The number of hydrogen-bond donors (Lipinski definition) is 2. The zero-order chi connectivity index (χ0) is 3.58. The Balaban J connectivity index is -0.0000000450. The molecule has 0 radical (unpaired) electrons. The van der Waals surface area contributed by atoms with Crippen molar-refractivity contribution in [3.8, 4) is 0 Å². The van der Waals surface area contributed by atoms with E-state index in [-0.39, 0.29) is 56.9 Å². The Kier molecular flexibility index (Phi) is 24.9. The maximum atomic E-state index is 8.74. The zero-order valence-electron chi connectivity index (χ0n) is 2.30. The van der Waals surface area contributed by atoms with E-state index >= 15 is 0 Å². The number of hydrogen-bond acceptors (Lipinski definition) is 1. The van der Waals surface area contributed by atoms with E-state index in [2.05, 4.69) is 0 Å². The topological polar surface area (TPSA) is 89.0 Å². The van der Waals surface area contributed by atoms with Gasteiger partial charge in [0.2, 0.25) is 0 Å². The average molecular weight is 136 g/mol. The van der Waals surface area contributed by atoms with Gasteiger partial charge in [0, 0.05) is 0 Å². The van der Waals surface area contributed by atoms with E-state index in [1.54, 1.807) is 0 Å². The molecular weight excluding hydrogens is 131 g/mol. The summed E-state index contributed by atoms with van der Waals surface area (Å²) in [4.78, 5) is 14.3. The van der Waals surface area contributed by atoms with Crippen LogP contribution in [0.25, 0.3) is 0 Å². The average Bonchev–Trinajstić information content (AvgIpc) is 0.811. The molecule has 0 saturated heterocycles. The first-order valence-corrected chi connectivity index (χ1v) is 1.95. The molecule has 0 aromatic heterocycles. The summed E-state index contributed by atoms with van der Waals surface area (Å²) in [6.07, 6.45) is 0. The minimum absolute atomic E-state index is 0. The molecule has 0 fully saturated rings. The third kappa shape index (κ3) is 62.9. The Morgan fingerprint density at radius 1 is 1.33 bits per heavy atom. The van der Waals surface area contributed by atoms with Crippen molar-refractivity contribution in [2.75, 3.05) is 0 Å². The molecule has 4 nitrogen and oxygen atoms in total. The van der Waals surface area contributed by atoms with E-state index in [0.717, 1.165) is 0 Å². The molecule has 6 heavy (non-hydrogen) atoms. The summed E-state index contributed by atoms with van der Waals surface area (Å²) >= 11 is 0. The fourth-order valence-electron chi connectivity index (χ4n) is 0. The van der Waals surface area contributed by atoms with Crippen molar-refractivity contribution in [1.29, 1.82) is 0 Å². The van der Waals surface area contributed by atoms with Crippen LogP contribution in [0.2, 0.25) is 0 Å². The predicted octanol–water partition coefficient (Wildman–Crippen LogP) is -3.09. The van der Waals surface area contributed by atoms with Crippen molar-refractivity contribution >= 4 is 60.6 Å². The zero-order valence-corrected chi connectivity index (χ0v) is 3.30. The van der Waals surface area contributed by atoms with Crippen LogP contribution in [0.5, 0.6) is 0 Å². The second-order valence-corrected chi connectivity index (χ2v) is 0.848. The molecule has 4 N–H and O–H groups in total. The van der Waals surface area contributed by atoms with Crippen molar-refractivity contribution in [3.63, 3.8) is 0 Å². The van der Waals surface area contributed by atoms with Crippen LogP contribution in [-0.2, 0) is 4.46 Å². The van der Waals surface area contributed by atoms with Crippen molar-refractivity contribution in [1.82, 2.24) is 0 Å². The molecule has 34 valence electrons. The molecule has 0 spiro atoms. The van der Waals surface area contributed by atoms with Crippen molar-refractivity contribution in [2.24, 2.45) is 0 Å². The molecular formula is H5KO4Si. The molecule has 0 unspecified atom stereocenters. The van der Waals surface area contributed by atoms with E-state index in [4.69, 9.17) is 14.1 Å². The summed E-state index contributed by atoms with van der Waals surface area (Å²) < 4.78 is 8.74. The molecule has 0 atom stereocenters. The molecule has 0 heterocycles. The van der Waals surface area contributed by atoms with Crippen LogP contribution in [0.15, 0.2) is 0 Å². The van der Waals surface area contributed by atoms with Gasteiger partial charge < -0.3 is 15.1 Å². The van der Waals surface area contributed by atoms with Gasteiger partial charge in [-0.25, -0.2) is 0 Å². The molecule has 0 aromatic carbocycles. The molecule has 0 saturated carbocycles. The SMILES string of the molecule is O.O=[Si](O)O.[KH]. The second-order valence-electron chi connectivity index (χ2n) is 0.283. The van der Waals surface area contributed by atoms with E-state index in [0.29, 0.717) is 0 Å². The van der Waals surface area contributed by atoms with Crippen molar-refractivity contribution in [2.45, 2.75) is 0 Å². The maximum absolute atomic E-state index is 8.74. The molecule has 0 amide bonds. The van der Waals surface area contributed by atoms with Gasteiger partial charge in [-0.1, -0.05) is 0 Å². The van der Waals surface area contributed by atoms with E-state index in [1.165, 1.54) is 0 Å². The molecule has 0 aliphatic carbocycles. The van der Waals surface area contributed by atoms with Gasteiger partial charge in [0.15, 0.2) is 0 Å². The van der Waals surface area contributed by atoms with E-state index in [9.17, 15) is 0 Å². The fraction of sp³-hybridized carbons (Fsp3) is 0. The van der Waals surface area contributed by atoms with Gasteiger partial charge in [-0.3, -0.25) is 4.46 Å². The molecule has 0 bridgehead atoms. The molecule has 0 aliphatic rings. The van der Waals surface area contributed by atoms with E-state index < -0.39 is 9.17 Å². The molecule has 6 heteroatoms. The normalized spacial score (nSPS) is 4.00. The quantitative estimate of drug-likeness (QED) is 0.346. The van der Waals surface area contributed by atoms with Crippen LogP contribution < -0.4 is 0 Å². The molecule has 0 aliphatic heterocycles. The standard InChI is InChI=1S/K.H2O3Si.H2O.H/c;1-4(2)3;;/h;1-2H;1H2;. The van der Waals surface area contributed by atoms with Crippen molar-refractivity contribution in [3.05, 3.63) is 0 Å². The Morgan fingerprint density at radius 3 is 1.33 bits per heavy atom. The van der Waals surface area contributed by atoms with Crippen LogP contribution in [-0.4, -0.2) is 75.6 Å². The van der Waals surface area contributed by atoms with Gasteiger partial charge in [0.1, 0.15) is 0 Å². The summed E-state index contributed by atoms with van der Waals surface area (Å²) in [5, 5.41) is 0. The predicted molar refractivity (Wildman–Crippen MR) is 21.6 cm³/mol.